The Balaban J connectivity index is 2.02. The first-order valence-corrected chi connectivity index (χ1v) is 9.25. The number of hydrogen-bond donors (Lipinski definition) is 1. The van der Waals surface area contributed by atoms with Gasteiger partial charge in [-0.3, -0.25) is 0 Å². The summed E-state index contributed by atoms with van der Waals surface area (Å²) < 4.78 is 5.75. The van der Waals surface area contributed by atoms with Crippen LogP contribution >= 0.6 is 0 Å². The van der Waals surface area contributed by atoms with Crippen molar-refractivity contribution < 1.29 is 9.84 Å². The molecule has 0 aromatic carbocycles. The molecule has 1 rings (SSSR count). The molecule has 0 bridgehead atoms. The molecule has 0 aromatic heterocycles. The summed E-state index contributed by atoms with van der Waals surface area (Å²) in [4.78, 5) is 0. The Bertz CT molecular complexity index is 263. The van der Waals surface area contributed by atoms with E-state index >= 15 is 0 Å². The zero-order chi connectivity index (χ0) is 15.8. The molecule has 0 amide bonds. The fourth-order valence-corrected chi connectivity index (χ4v) is 3.03. The van der Waals surface area contributed by atoms with E-state index in [0.717, 1.165) is 19.3 Å². The summed E-state index contributed by atoms with van der Waals surface area (Å²) >= 11 is 0. The van der Waals surface area contributed by atoms with Gasteiger partial charge in [-0.25, -0.2) is 0 Å². The Hall–Kier alpha value is -0.0800. The van der Waals surface area contributed by atoms with Crippen molar-refractivity contribution in [3.8, 4) is 0 Å². The van der Waals surface area contributed by atoms with Crippen molar-refractivity contribution in [1.29, 1.82) is 0 Å². The SMILES string of the molecule is CCCCCCCCCCCC1(C(O)OC(C)(C)C)CC1. The lowest BCUT2D eigenvalue weighted by Gasteiger charge is -2.29. The Kier molecular flexibility index (Phi) is 8.26. The van der Waals surface area contributed by atoms with Gasteiger partial charge in [-0.15, -0.1) is 0 Å². The van der Waals surface area contributed by atoms with Gasteiger partial charge in [0.05, 0.1) is 5.60 Å². The average Bonchev–Trinajstić information content (AvgIpc) is 3.16. The van der Waals surface area contributed by atoms with Gasteiger partial charge in [0.1, 0.15) is 0 Å². The van der Waals surface area contributed by atoms with E-state index in [4.69, 9.17) is 4.74 Å². The molecule has 0 radical (unpaired) electrons. The quantitative estimate of drug-likeness (QED) is 0.363. The number of unbranched alkanes of at least 4 members (excludes halogenated alkanes) is 8. The molecule has 2 nitrogen and oxygen atoms in total. The van der Waals surface area contributed by atoms with E-state index in [1.165, 1.54) is 57.8 Å². The van der Waals surface area contributed by atoms with Crippen LogP contribution in [0, 0.1) is 5.41 Å². The van der Waals surface area contributed by atoms with Crippen LogP contribution in [0.5, 0.6) is 0 Å². The fourth-order valence-electron chi connectivity index (χ4n) is 3.03. The molecule has 0 aromatic rings. The van der Waals surface area contributed by atoms with E-state index in [-0.39, 0.29) is 11.0 Å². The highest BCUT2D eigenvalue weighted by Crippen LogP contribution is 2.53. The van der Waals surface area contributed by atoms with Crippen LogP contribution in [0.4, 0.5) is 0 Å². The van der Waals surface area contributed by atoms with E-state index in [2.05, 4.69) is 6.92 Å². The summed E-state index contributed by atoms with van der Waals surface area (Å²) in [5, 5.41) is 10.3. The van der Waals surface area contributed by atoms with E-state index in [0.29, 0.717) is 0 Å². The second kappa shape index (κ2) is 9.15. The van der Waals surface area contributed by atoms with Crippen LogP contribution in [0.3, 0.4) is 0 Å². The van der Waals surface area contributed by atoms with Crippen molar-refractivity contribution in [3.63, 3.8) is 0 Å². The molecule has 0 aliphatic heterocycles. The standard InChI is InChI=1S/C19H38O2/c1-5-6-7-8-9-10-11-12-13-14-19(15-16-19)17(20)21-18(2,3)4/h17,20H,5-16H2,1-4H3. The van der Waals surface area contributed by atoms with E-state index in [9.17, 15) is 5.11 Å². The molecule has 21 heavy (non-hydrogen) atoms. The first-order valence-electron chi connectivity index (χ1n) is 9.25. The predicted octanol–water partition coefficient (Wildman–Crippen LogP) is 5.82. The second-order valence-electron chi connectivity index (χ2n) is 8.02. The molecule has 1 N–H and O–H groups in total. The third-order valence-electron chi connectivity index (χ3n) is 4.66. The maximum Gasteiger partial charge on any atom is 0.160 e. The molecule has 1 unspecified atom stereocenters. The molecule has 1 atom stereocenters. The molecule has 0 heterocycles. The Labute approximate surface area is 132 Å². The minimum absolute atomic E-state index is 0.0917. The number of aliphatic hydroxyl groups excluding tert-OH is 1. The third-order valence-corrected chi connectivity index (χ3v) is 4.66. The molecule has 1 saturated carbocycles. The topological polar surface area (TPSA) is 29.5 Å². The monoisotopic (exact) mass is 298 g/mol. The summed E-state index contributed by atoms with van der Waals surface area (Å²) in [7, 11) is 0. The van der Waals surface area contributed by atoms with Gasteiger partial charge in [-0.1, -0.05) is 64.7 Å². The smallest absolute Gasteiger partial charge is 0.160 e. The Morgan fingerprint density at radius 1 is 0.905 bits per heavy atom. The summed E-state index contributed by atoms with van der Waals surface area (Å²) in [6, 6.07) is 0. The molecule has 126 valence electrons. The van der Waals surface area contributed by atoms with Gasteiger partial charge in [0.25, 0.3) is 0 Å². The summed E-state index contributed by atoms with van der Waals surface area (Å²) in [6.07, 6.45) is 15.1. The van der Waals surface area contributed by atoms with Gasteiger partial charge in [0.2, 0.25) is 0 Å². The van der Waals surface area contributed by atoms with Gasteiger partial charge in [0.15, 0.2) is 6.29 Å². The zero-order valence-electron chi connectivity index (χ0n) is 14.9. The number of aliphatic hydroxyl groups is 1. The van der Waals surface area contributed by atoms with Crippen molar-refractivity contribution >= 4 is 0 Å². The highest BCUT2D eigenvalue weighted by molar-refractivity contribution is 4.95. The highest BCUT2D eigenvalue weighted by Gasteiger charge is 2.49. The van der Waals surface area contributed by atoms with E-state index < -0.39 is 6.29 Å². The third kappa shape index (κ3) is 8.21. The van der Waals surface area contributed by atoms with Gasteiger partial charge >= 0.3 is 0 Å². The van der Waals surface area contributed by atoms with Crippen LogP contribution in [0.2, 0.25) is 0 Å². The van der Waals surface area contributed by atoms with Crippen molar-refractivity contribution in [2.24, 2.45) is 5.41 Å². The lowest BCUT2D eigenvalue weighted by molar-refractivity contribution is -0.201. The van der Waals surface area contributed by atoms with E-state index in [1.807, 2.05) is 20.8 Å². The molecular formula is C19H38O2. The lowest BCUT2D eigenvalue weighted by atomic mass is 9.96. The van der Waals surface area contributed by atoms with Crippen LogP contribution in [0.25, 0.3) is 0 Å². The van der Waals surface area contributed by atoms with Gasteiger partial charge in [-0.05, 0) is 40.0 Å². The first kappa shape index (κ1) is 19.0. The molecule has 2 heteroatoms. The fraction of sp³-hybridized carbons (Fsp3) is 1.00. The van der Waals surface area contributed by atoms with Crippen LogP contribution in [0.1, 0.15) is 105 Å². The normalized spacial score (nSPS) is 18.7. The van der Waals surface area contributed by atoms with Gasteiger partial charge < -0.3 is 9.84 Å². The largest absolute Gasteiger partial charge is 0.367 e. The molecule has 0 saturated heterocycles. The van der Waals surface area contributed by atoms with Crippen LogP contribution in [-0.4, -0.2) is 17.0 Å². The summed E-state index contributed by atoms with van der Waals surface area (Å²) in [5.74, 6) is 0. The predicted molar refractivity (Wildman–Crippen MR) is 90.4 cm³/mol. The van der Waals surface area contributed by atoms with Crippen molar-refractivity contribution in [1.82, 2.24) is 0 Å². The average molecular weight is 299 g/mol. The number of ether oxygens (including phenoxy) is 1. The molecule has 0 spiro atoms. The Morgan fingerprint density at radius 2 is 1.38 bits per heavy atom. The van der Waals surface area contributed by atoms with Crippen molar-refractivity contribution in [2.45, 2.75) is 117 Å². The van der Waals surface area contributed by atoms with Crippen LogP contribution in [-0.2, 0) is 4.74 Å². The molecule has 1 fully saturated rings. The van der Waals surface area contributed by atoms with Gasteiger partial charge in [0, 0.05) is 5.41 Å². The maximum atomic E-state index is 10.3. The minimum Gasteiger partial charge on any atom is -0.367 e. The molecule has 1 aliphatic carbocycles. The number of hydrogen-bond acceptors (Lipinski definition) is 2. The maximum absolute atomic E-state index is 10.3. The zero-order valence-corrected chi connectivity index (χ0v) is 14.9. The molecular weight excluding hydrogens is 260 g/mol. The lowest BCUT2D eigenvalue weighted by Crippen LogP contribution is -2.33. The van der Waals surface area contributed by atoms with Crippen LogP contribution < -0.4 is 0 Å². The number of rotatable bonds is 12. The van der Waals surface area contributed by atoms with Gasteiger partial charge in [-0.2, -0.15) is 0 Å². The Morgan fingerprint density at radius 3 is 1.81 bits per heavy atom. The second-order valence-corrected chi connectivity index (χ2v) is 8.02. The summed E-state index contributed by atoms with van der Waals surface area (Å²) in [5.41, 5.74) is -0.151. The highest BCUT2D eigenvalue weighted by atomic mass is 16.6. The van der Waals surface area contributed by atoms with E-state index in [1.54, 1.807) is 0 Å². The van der Waals surface area contributed by atoms with Crippen molar-refractivity contribution in [3.05, 3.63) is 0 Å². The summed E-state index contributed by atoms with van der Waals surface area (Å²) in [6.45, 7) is 8.33. The molecule has 1 aliphatic rings. The van der Waals surface area contributed by atoms with Crippen LogP contribution in [0.15, 0.2) is 0 Å². The van der Waals surface area contributed by atoms with Crippen molar-refractivity contribution in [2.75, 3.05) is 0 Å². The minimum atomic E-state index is -0.563. The first-order chi connectivity index (χ1) is 9.90.